The molecule has 0 aliphatic carbocycles. The number of aromatic nitrogens is 2. The first-order valence-corrected chi connectivity index (χ1v) is 6.79. The maximum absolute atomic E-state index is 13.5. The van der Waals surface area contributed by atoms with Crippen molar-refractivity contribution in [2.45, 2.75) is 32.2 Å². The van der Waals surface area contributed by atoms with Gasteiger partial charge in [-0.3, -0.25) is 4.79 Å². The van der Waals surface area contributed by atoms with Crippen molar-refractivity contribution < 1.29 is 9.18 Å². The van der Waals surface area contributed by atoms with Crippen LogP contribution in [0, 0.1) is 5.82 Å². The van der Waals surface area contributed by atoms with Crippen LogP contribution in [-0.4, -0.2) is 28.5 Å². The van der Waals surface area contributed by atoms with Crippen molar-refractivity contribution in [3.63, 3.8) is 0 Å². The van der Waals surface area contributed by atoms with E-state index in [4.69, 9.17) is 5.73 Å². The number of nitrogens with zero attached hydrogens (tertiary/aromatic N) is 1. The maximum Gasteiger partial charge on any atom is 0.253 e. The Balaban J connectivity index is 2.20. The topological polar surface area (TPSA) is 83.8 Å². The van der Waals surface area contributed by atoms with Crippen molar-refractivity contribution in [2.75, 3.05) is 6.54 Å². The number of rotatable bonds is 6. The number of nitrogens with one attached hydrogen (secondary N) is 2. The minimum atomic E-state index is -0.468. The second-order valence-electron chi connectivity index (χ2n) is 4.80. The molecule has 4 N–H and O–H groups in total. The largest absolute Gasteiger partial charge is 0.348 e. The molecule has 2 aromatic rings. The second kappa shape index (κ2) is 6.47. The lowest BCUT2D eigenvalue weighted by Crippen LogP contribution is -2.40. The molecule has 0 bridgehead atoms. The molecule has 0 radical (unpaired) electrons. The van der Waals surface area contributed by atoms with Crippen LogP contribution >= 0.6 is 0 Å². The van der Waals surface area contributed by atoms with Crippen LogP contribution in [-0.2, 0) is 0 Å². The highest BCUT2D eigenvalue weighted by atomic mass is 19.1. The first-order chi connectivity index (χ1) is 9.65. The summed E-state index contributed by atoms with van der Waals surface area (Å²) in [6.07, 6.45) is 4.29. The number of halogens is 1. The van der Waals surface area contributed by atoms with Gasteiger partial charge in [-0.15, -0.1) is 0 Å². The predicted molar refractivity (Wildman–Crippen MR) is 75.9 cm³/mol. The molecule has 1 aromatic heterocycles. The van der Waals surface area contributed by atoms with Crippen molar-refractivity contribution in [1.29, 1.82) is 0 Å². The Morgan fingerprint density at radius 1 is 1.55 bits per heavy atom. The molecule has 0 fully saturated rings. The van der Waals surface area contributed by atoms with Gasteiger partial charge in [0.15, 0.2) is 0 Å². The minimum absolute atomic E-state index is 0.0975. The number of hydrogen-bond acceptors (Lipinski definition) is 3. The number of carbonyl (C=O) groups is 1. The van der Waals surface area contributed by atoms with Crippen LogP contribution in [0.3, 0.4) is 0 Å². The Hall–Kier alpha value is -1.95. The van der Waals surface area contributed by atoms with Gasteiger partial charge in [0.1, 0.15) is 11.3 Å². The quantitative estimate of drug-likeness (QED) is 0.755. The number of amides is 1. The number of hydrogen-bond donors (Lipinski definition) is 3. The standard InChI is InChI=1S/C14H19FN4O/c1-2-3-4-10(7-16)19-14(20)11-5-9(15)6-12-13(11)18-8-17-12/h5-6,8,10H,2-4,7,16H2,1H3,(H,17,18)(H,19,20). The van der Waals surface area contributed by atoms with Gasteiger partial charge in [0.25, 0.3) is 5.91 Å². The van der Waals surface area contributed by atoms with E-state index in [0.29, 0.717) is 17.6 Å². The van der Waals surface area contributed by atoms with Gasteiger partial charge < -0.3 is 16.0 Å². The van der Waals surface area contributed by atoms with Crippen LogP contribution in [0.1, 0.15) is 36.5 Å². The zero-order valence-corrected chi connectivity index (χ0v) is 11.4. The number of carbonyl (C=O) groups excluding carboxylic acids is 1. The van der Waals surface area contributed by atoms with Crippen LogP contribution < -0.4 is 11.1 Å². The van der Waals surface area contributed by atoms with Crippen LogP contribution in [0.5, 0.6) is 0 Å². The Morgan fingerprint density at radius 2 is 2.35 bits per heavy atom. The third-order valence-corrected chi connectivity index (χ3v) is 3.26. The van der Waals surface area contributed by atoms with E-state index >= 15 is 0 Å². The fourth-order valence-corrected chi connectivity index (χ4v) is 2.15. The molecule has 0 aliphatic rings. The van der Waals surface area contributed by atoms with E-state index in [1.165, 1.54) is 18.5 Å². The van der Waals surface area contributed by atoms with E-state index in [-0.39, 0.29) is 17.5 Å². The smallest absolute Gasteiger partial charge is 0.253 e. The van der Waals surface area contributed by atoms with E-state index in [1.807, 2.05) is 0 Å². The predicted octanol–water partition coefficient (Wildman–Crippen LogP) is 1.95. The van der Waals surface area contributed by atoms with Crippen LogP contribution in [0.25, 0.3) is 11.0 Å². The Kier molecular flexibility index (Phi) is 4.68. The van der Waals surface area contributed by atoms with E-state index in [9.17, 15) is 9.18 Å². The summed E-state index contributed by atoms with van der Waals surface area (Å²) in [5.41, 5.74) is 6.86. The summed E-state index contributed by atoms with van der Waals surface area (Å²) >= 11 is 0. The van der Waals surface area contributed by atoms with Crippen molar-refractivity contribution in [1.82, 2.24) is 15.3 Å². The van der Waals surface area contributed by atoms with Gasteiger partial charge in [-0.1, -0.05) is 19.8 Å². The van der Waals surface area contributed by atoms with Crippen molar-refractivity contribution in [3.8, 4) is 0 Å². The number of unbranched alkanes of at least 4 members (excludes halogenated alkanes) is 1. The lowest BCUT2D eigenvalue weighted by atomic mass is 10.1. The van der Waals surface area contributed by atoms with Gasteiger partial charge in [-0.2, -0.15) is 0 Å². The molecule has 5 nitrogen and oxygen atoms in total. The van der Waals surface area contributed by atoms with Crippen molar-refractivity contribution in [2.24, 2.45) is 5.73 Å². The highest BCUT2D eigenvalue weighted by Crippen LogP contribution is 2.17. The van der Waals surface area contributed by atoms with Gasteiger partial charge in [0, 0.05) is 12.6 Å². The molecule has 1 aromatic carbocycles. The minimum Gasteiger partial charge on any atom is -0.348 e. The number of imidazole rings is 1. The number of fused-ring (bicyclic) bond motifs is 1. The molecule has 0 spiro atoms. The molecule has 1 atom stereocenters. The number of nitrogens with two attached hydrogens (primary N) is 1. The molecule has 0 saturated carbocycles. The summed E-state index contributed by atoms with van der Waals surface area (Å²) in [6, 6.07) is 2.42. The van der Waals surface area contributed by atoms with Gasteiger partial charge in [-0.25, -0.2) is 9.37 Å². The monoisotopic (exact) mass is 278 g/mol. The van der Waals surface area contributed by atoms with E-state index < -0.39 is 5.82 Å². The first kappa shape index (κ1) is 14.5. The van der Waals surface area contributed by atoms with Crippen molar-refractivity contribution >= 4 is 16.9 Å². The lowest BCUT2D eigenvalue weighted by Gasteiger charge is -2.16. The molecule has 1 unspecified atom stereocenters. The van der Waals surface area contributed by atoms with Crippen LogP contribution in [0.4, 0.5) is 4.39 Å². The molecular formula is C14H19FN4O. The molecule has 2 rings (SSSR count). The highest BCUT2D eigenvalue weighted by molar-refractivity contribution is 6.04. The fourth-order valence-electron chi connectivity index (χ4n) is 2.15. The third kappa shape index (κ3) is 3.14. The SMILES string of the molecule is CCCCC(CN)NC(=O)c1cc(F)cc2[nH]cnc12. The Morgan fingerprint density at radius 3 is 3.05 bits per heavy atom. The summed E-state index contributed by atoms with van der Waals surface area (Å²) in [4.78, 5) is 19.1. The Bertz CT molecular complexity index is 596. The molecule has 1 heterocycles. The van der Waals surface area contributed by atoms with Gasteiger partial charge in [-0.05, 0) is 18.6 Å². The molecule has 20 heavy (non-hydrogen) atoms. The van der Waals surface area contributed by atoms with Crippen LogP contribution in [0.2, 0.25) is 0 Å². The van der Waals surface area contributed by atoms with E-state index in [0.717, 1.165) is 19.3 Å². The number of H-pyrrole nitrogens is 1. The van der Waals surface area contributed by atoms with E-state index in [1.54, 1.807) is 0 Å². The molecule has 108 valence electrons. The Labute approximate surface area is 116 Å². The van der Waals surface area contributed by atoms with Gasteiger partial charge >= 0.3 is 0 Å². The lowest BCUT2D eigenvalue weighted by molar-refractivity contribution is 0.0937. The van der Waals surface area contributed by atoms with Crippen LogP contribution in [0.15, 0.2) is 18.5 Å². The normalized spacial score (nSPS) is 12.6. The average molecular weight is 278 g/mol. The fraction of sp³-hybridized carbons (Fsp3) is 0.429. The first-order valence-electron chi connectivity index (χ1n) is 6.79. The van der Waals surface area contributed by atoms with E-state index in [2.05, 4.69) is 22.2 Å². The molecule has 0 aliphatic heterocycles. The van der Waals surface area contributed by atoms with Gasteiger partial charge in [0.05, 0.1) is 17.4 Å². The molecule has 0 saturated heterocycles. The van der Waals surface area contributed by atoms with Crippen molar-refractivity contribution in [3.05, 3.63) is 29.8 Å². The summed E-state index contributed by atoms with van der Waals surface area (Å²) in [7, 11) is 0. The number of aromatic amines is 1. The summed E-state index contributed by atoms with van der Waals surface area (Å²) < 4.78 is 13.5. The summed E-state index contributed by atoms with van der Waals surface area (Å²) in [6.45, 7) is 2.44. The third-order valence-electron chi connectivity index (χ3n) is 3.26. The average Bonchev–Trinajstić information content (AvgIpc) is 2.90. The van der Waals surface area contributed by atoms with Gasteiger partial charge in [0.2, 0.25) is 0 Å². The summed E-state index contributed by atoms with van der Waals surface area (Å²) in [5.74, 6) is -0.807. The zero-order valence-electron chi connectivity index (χ0n) is 11.4. The maximum atomic E-state index is 13.5. The molecular weight excluding hydrogens is 259 g/mol. The summed E-state index contributed by atoms with van der Waals surface area (Å²) in [5, 5.41) is 2.84. The number of benzene rings is 1. The molecule has 6 heteroatoms. The zero-order chi connectivity index (χ0) is 14.5. The highest BCUT2D eigenvalue weighted by Gasteiger charge is 2.17. The second-order valence-corrected chi connectivity index (χ2v) is 4.80. The molecule has 1 amide bonds.